The molecule has 0 saturated heterocycles. The van der Waals surface area contributed by atoms with Gasteiger partial charge in [0.1, 0.15) is 0 Å². The molecule has 1 aromatic heterocycles. The number of rotatable bonds is 2. The minimum Gasteiger partial charge on any atom is -0.272 e. The molecule has 2 aromatic rings. The summed E-state index contributed by atoms with van der Waals surface area (Å²) in [6.45, 7) is 5.80. The summed E-state index contributed by atoms with van der Waals surface area (Å²) >= 11 is 1.44. The van der Waals surface area contributed by atoms with Crippen LogP contribution in [0.1, 0.15) is 19.4 Å². The molecule has 0 N–H and O–H groups in total. The molecule has 1 atom stereocenters. The number of aromatic nitrogens is 1. The normalized spacial score (nSPS) is 18.6. The third-order valence-corrected chi connectivity index (χ3v) is 4.30. The highest BCUT2D eigenvalue weighted by Gasteiger charge is 2.32. The summed E-state index contributed by atoms with van der Waals surface area (Å²) in [6.07, 6.45) is 0. The first-order valence-electron chi connectivity index (χ1n) is 6.48. The highest BCUT2D eigenvalue weighted by Crippen LogP contribution is 2.30. The Labute approximate surface area is 121 Å². The first kappa shape index (κ1) is 13.0. The fourth-order valence-corrected chi connectivity index (χ4v) is 2.80. The highest BCUT2D eigenvalue weighted by molar-refractivity contribution is 7.14. The van der Waals surface area contributed by atoms with Gasteiger partial charge in [0.2, 0.25) is 5.13 Å². The van der Waals surface area contributed by atoms with Crippen molar-refractivity contribution in [2.75, 3.05) is 5.01 Å². The van der Waals surface area contributed by atoms with Gasteiger partial charge in [-0.05, 0) is 20.8 Å². The fraction of sp³-hybridized carbons (Fsp3) is 0.267. The average molecular weight is 285 g/mol. The van der Waals surface area contributed by atoms with Gasteiger partial charge in [-0.15, -0.1) is 11.3 Å². The predicted molar refractivity (Wildman–Crippen MR) is 82.0 cm³/mol. The van der Waals surface area contributed by atoms with Crippen LogP contribution in [0.5, 0.6) is 0 Å². The quantitative estimate of drug-likeness (QED) is 0.848. The molecule has 0 spiro atoms. The number of hydrazone groups is 1. The first-order valence-corrected chi connectivity index (χ1v) is 7.36. The van der Waals surface area contributed by atoms with Gasteiger partial charge in [0.25, 0.3) is 5.91 Å². The lowest BCUT2D eigenvalue weighted by atomic mass is 10.1. The molecular formula is C15H15N3OS. The van der Waals surface area contributed by atoms with Gasteiger partial charge >= 0.3 is 0 Å². The molecule has 0 bridgehead atoms. The Balaban J connectivity index is 1.91. The number of benzene rings is 1. The van der Waals surface area contributed by atoms with Crippen molar-refractivity contribution in [1.29, 1.82) is 0 Å². The second kappa shape index (κ2) is 4.83. The second-order valence-electron chi connectivity index (χ2n) is 4.99. The van der Waals surface area contributed by atoms with Crippen LogP contribution in [0.15, 0.2) is 34.7 Å². The maximum Gasteiger partial charge on any atom is 0.258 e. The van der Waals surface area contributed by atoms with Crippen LogP contribution in [0.2, 0.25) is 0 Å². The van der Waals surface area contributed by atoms with Gasteiger partial charge in [-0.25, -0.2) is 4.98 Å². The molecule has 2 heterocycles. The van der Waals surface area contributed by atoms with E-state index >= 15 is 0 Å². The highest BCUT2D eigenvalue weighted by atomic mass is 32.1. The van der Waals surface area contributed by atoms with Crippen LogP contribution >= 0.6 is 11.3 Å². The maximum atomic E-state index is 12.1. The molecule has 4 nitrogen and oxygen atoms in total. The van der Waals surface area contributed by atoms with Crippen LogP contribution in [0.3, 0.4) is 0 Å². The number of thiazole rings is 1. The SMILES string of the molecule is CC1=NN(c2nc(-c3ccc(C)cc3)cs2)C(=O)[C@@H]1C. The molecule has 0 unspecified atom stereocenters. The third kappa shape index (κ3) is 2.14. The van der Waals surface area contributed by atoms with Crippen LogP contribution in [0, 0.1) is 12.8 Å². The van der Waals surface area contributed by atoms with Crippen molar-refractivity contribution >= 4 is 28.1 Å². The Kier molecular flexibility index (Phi) is 3.14. The summed E-state index contributed by atoms with van der Waals surface area (Å²) in [5.41, 5.74) is 3.98. The molecule has 1 aliphatic rings. The van der Waals surface area contributed by atoms with Crippen molar-refractivity contribution in [1.82, 2.24) is 4.98 Å². The first-order chi connectivity index (χ1) is 9.56. The molecule has 20 heavy (non-hydrogen) atoms. The van der Waals surface area contributed by atoms with Crippen LogP contribution in [0.4, 0.5) is 5.13 Å². The lowest BCUT2D eigenvalue weighted by Gasteiger charge is -2.07. The third-order valence-electron chi connectivity index (χ3n) is 3.48. The van der Waals surface area contributed by atoms with Crippen molar-refractivity contribution in [3.05, 3.63) is 35.2 Å². The van der Waals surface area contributed by atoms with Gasteiger partial charge in [-0.2, -0.15) is 10.1 Å². The Morgan fingerprint density at radius 1 is 1.20 bits per heavy atom. The van der Waals surface area contributed by atoms with Crippen LogP contribution in [0.25, 0.3) is 11.3 Å². The summed E-state index contributed by atoms with van der Waals surface area (Å²) in [7, 11) is 0. The summed E-state index contributed by atoms with van der Waals surface area (Å²) < 4.78 is 0. The van der Waals surface area contributed by atoms with Crippen LogP contribution < -0.4 is 5.01 Å². The minimum absolute atomic E-state index is 0.00712. The largest absolute Gasteiger partial charge is 0.272 e. The number of hydrogen-bond acceptors (Lipinski definition) is 4. The number of hydrogen-bond donors (Lipinski definition) is 0. The Hall–Kier alpha value is -2.01. The molecule has 5 heteroatoms. The summed E-state index contributed by atoms with van der Waals surface area (Å²) in [6, 6.07) is 8.19. The fourth-order valence-electron chi connectivity index (χ4n) is 2.01. The second-order valence-corrected chi connectivity index (χ2v) is 5.83. The predicted octanol–water partition coefficient (Wildman–Crippen LogP) is 3.48. The molecule has 0 radical (unpaired) electrons. The number of amides is 1. The zero-order valence-electron chi connectivity index (χ0n) is 11.6. The van der Waals surface area contributed by atoms with E-state index in [2.05, 4.69) is 29.1 Å². The topological polar surface area (TPSA) is 45.6 Å². The number of carbonyl (C=O) groups is 1. The van der Waals surface area contributed by atoms with Gasteiger partial charge in [0.05, 0.1) is 11.6 Å². The van der Waals surface area contributed by atoms with Crippen molar-refractivity contribution < 1.29 is 4.79 Å². The molecule has 0 aliphatic carbocycles. The molecule has 0 fully saturated rings. The van der Waals surface area contributed by atoms with Gasteiger partial charge in [-0.3, -0.25) is 4.79 Å². The van der Waals surface area contributed by atoms with E-state index in [0.29, 0.717) is 5.13 Å². The van der Waals surface area contributed by atoms with Crippen molar-refractivity contribution in [2.45, 2.75) is 20.8 Å². The summed E-state index contributed by atoms with van der Waals surface area (Å²) in [4.78, 5) is 16.6. The molecular weight excluding hydrogens is 270 g/mol. The van der Waals surface area contributed by atoms with E-state index in [0.717, 1.165) is 17.0 Å². The molecule has 1 aliphatic heterocycles. The molecule has 0 saturated carbocycles. The van der Waals surface area contributed by atoms with Crippen molar-refractivity contribution in [2.24, 2.45) is 11.0 Å². The molecule has 1 amide bonds. The monoisotopic (exact) mass is 285 g/mol. The van der Waals surface area contributed by atoms with Crippen molar-refractivity contribution in [3.63, 3.8) is 0 Å². The minimum atomic E-state index is -0.151. The van der Waals surface area contributed by atoms with Gasteiger partial charge in [0, 0.05) is 16.7 Å². The standard InChI is InChI=1S/C15H15N3OS/c1-9-4-6-12(7-5-9)13-8-20-15(16-13)18-14(19)10(2)11(3)17-18/h4-8,10H,1-3H3/t10-/m1/s1. The van der Waals surface area contributed by atoms with E-state index in [9.17, 15) is 4.79 Å². The number of nitrogens with zero attached hydrogens (tertiary/aromatic N) is 3. The Morgan fingerprint density at radius 3 is 2.50 bits per heavy atom. The lowest BCUT2D eigenvalue weighted by Crippen LogP contribution is -2.24. The number of anilines is 1. The van der Waals surface area contributed by atoms with E-state index in [1.54, 1.807) is 0 Å². The summed E-state index contributed by atoms with van der Waals surface area (Å²) in [5.74, 6) is -0.158. The lowest BCUT2D eigenvalue weighted by molar-refractivity contribution is -0.119. The zero-order chi connectivity index (χ0) is 14.3. The van der Waals surface area contributed by atoms with Gasteiger partial charge < -0.3 is 0 Å². The van der Waals surface area contributed by atoms with E-state index < -0.39 is 0 Å². The van der Waals surface area contributed by atoms with Crippen LogP contribution in [-0.4, -0.2) is 16.6 Å². The number of aryl methyl sites for hydroxylation is 1. The van der Waals surface area contributed by atoms with Crippen molar-refractivity contribution in [3.8, 4) is 11.3 Å². The maximum absolute atomic E-state index is 12.1. The molecule has 1 aromatic carbocycles. The Bertz CT molecular complexity index is 687. The van der Waals surface area contributed by atoms with Gasteiger partial charge in [0.15, 0.2) is 0 Å². The smallest absolute Gasteiger partial charge is 0.258 e. The Morgan fingerprint density at radius 2 is 1.90 bits per heavy atom. The van der Waals surface area contributed by atoms with Crippen LogP contribution in [-0.2, 0) is 4.79 Å². The number of carbonyl (C=O) groups excluding carboxylic acids is 1. The zero-order valence-corrected chi connectivity index (χ0v) is 12.4. The van der Waals surface area contributed by atoms with E-state index in [-0.39, 0.29) is 11.8 Å². The molecule has 102 valence electrons. The average Bonchev–Trinajstić information content (AvgIpc) is 3.01. The van der Waals surface area contributed by atoms with E-state index in [1.807, 2.05) is 31.4 Å². The summed E-state index contributed by atoms with van der Waals surface area (Å²) in [5, 5.41) is 8.30. The molecule has 3 rings (SSSR count). The van der Waals surface area contributed by atoms with E-state index in [4.69, 9.17) is 0 Å². The van der Waals surface area contributed by atoms with E-state index in [1.165, 1.54) is 21.9 Å². The van der Waals surface area contributed by atoms with Gasteiger partial charge in [-0.1, -0.05) is 29.8 Å².